The van der Waals surface area contributed by atoms with E-state index in [4.69, 9.17) is 9.47 Å². The van der Waals surface area contributed by atoms with Gasteiger partial charge in [0, 0.05) is 18.2 Å². The van der Waals surface area contributed by atoms with Gasteiger partial charge in [-0.3, -0.25) is 4.79 Å². The minimum absolute atomic E-state index is 0. The van der Waals surface area contributed by atoms with E-state index in [0.29, 0.717) is 17.1 Å². The van der Waals surface area contributed by atoms with Gasteiger partial charge in [-0.25, -0.2) is 0 Å². The molecule has 110 valence electrons. The monoisotopic (exact) mass is 362 g/mol. The Hall–Kier alpha value is -0.980. The first kappa shape index (κ1) is 15.4. The van der Waals surface area contributed by atoms with Crippen molar-refractivity contribution in [3.8, 4) is 11.5 Å². The third kappa shape index (κ3) is 3.19. The van der Waals surface area contributed by atoms with Crippen molar-refractivity contribution in [1.82, 2.24) is 10.6 Å². The van der Waals surface area contributed by atoms with Crippen LogP contribution in [0.25, 0.3) is 0 Å². The lowest BCUT2D eigenvalue weighted by Gasteiger charge is -2.23. The molecule has 0 radical (unpaired) electrons. The molecule has 1 amide bonds. The Labute approximate surface area is 131 Å². The normalized spacial score (nSPS) is 20.1. The maximum Gasteiger partial charge on any atom is 0.251 e. The lowest BCUT2D eigenvalue weighted by atomic mass is 10.1. The van der Waals surface area contributed by atoms with E-state index in [1.807, 2.05) is 0 Å². The first-order chi connectivity index (χ1) is 9.24. The molecule has 2 heterocycles. The maximum atomic E-state index is 12.2. The number of hydrogen-bond acceptors (Lipinski definition) is 4. The van der Waals surface area contributed by atoms with Gasteiger partial charge in [-0.1, -0.05) is 0 Å². The molecule has 7 heteroatoms. The quantitative estimate of drug-likeness (QED) is 0.845. The second kappa shape index (κ2) is 6.65. The zero-order valence-corrected chi connectivity index (χ0v) is 13.2. The van der Waals surface area contributed by atoms with E-state index < -0.39 is 0 Å². The molecule has 1 aromatic carbocycles. The maximum absolute atomic E-state index is 12.2. The molecular weight excluding hydrogens is 348 g/mol. The Morgan fingerprint density at radius 1 is 1.40 bits per heavy atom. The number of amides is 1. The Balaban J connectivity index is 0.00000147. The molecule has 0 spiro atoms. The summed E-state index contributed by atoms with van der Waals surface area (Å²) in [4.78, 5) is 12.2. The first-order valence-electron chi connectivity index (χ1n) is 6.35. The van der Waals surface area contributed by atoms with Crippen molar-refractivity contribution in [2.75, 3.05) is 19.9 Å². The predicted octanol–water partition coefficient (Wildman–Crippen LogP) is 2.08. The highest BCUT2D eigenvalue weighted by Crippen LogP contribution is 2.39. The molecular formula is C13H16BrClN2O3. The minimum atomic E-state index is -0.0762. The van der Waals surface area contributed by atoms with Crippen LogP contribution in [0.3, 0.4) is 0 Å². The highest BCUT2D eigenvalue weighted by molar-refractivity contribution is 9.10. The molecule has 0 saturated carbocycles. The summed E-state index contributed by atoms with van der Waals surface area (Å²) in [5.74, 6) is 1.20. The highest BCUT2D eigenvalue weighted by atomic mass is 79.9. The van der Waals surface area contributed by atoms with Crippen LogP contribution in [-0.2, 0) is 0 Å². The van der Waals surface area contributed by atoms with E-state index in [0.717, 1.165) is 30.4 Å². The molecule has 2 aliphatic heterocycles. The summed E-state index contributed by atoms with van der Waals surface area (Å²) in [7, 11) is 0. The number of ether oxygens (including phenoxy) is 2. The van der Waals surface area contributed by atoms with Crippen molar-refractivity contribution in [1.29, 1.82) is 0 Å². The van der Waals surface area contributed by atoms with Crippen molar-refractivity contribution in [2.45, 2.75) is 18.9 Å². The number of piperidine rings is 1. The predicted molar refractivity (Wildman–Crippen MR) is 80.9 cm³/mol. The number of nitrogens with one attached hydrogen (secondary N) is 2. The molecule has 1 atom stereocenters. The van der Waals surface area contributed by atoms with Gasteiger partial charge >= 0.3 is 0 Å². The molecule has 0 aliphatic carbocycles. The van der Waals surface area contributed by atoms with Crippen LogP contribution in [0.4, 0.5) is 0 Å². The topological polar surface area (TPSA) is 59.6 Å². The Kier molecular flexibility index (Phi) is 5.12. The van der Waals surface area contributed by atoms with E-state index in [2.05, 4.69) is 26.6 Å². The second-order valence-corrected chi connectivity index (χ2v) is 5.56. The van der Waals surface area contributed by atoms with Gasteiger partial charge in [0.2, 0.25) is 6.79 Å². The number of carbonyl (C=O) groups is 1. The van der Waals surface area contributed by atoms with Gasteiger partial charge in [0.1, 0.15) is 0 Å². The smallest absolute Gasteiger partial charge is 0.251 e. The number of halogens is 2. The molecule has 1 saturated heterocycles. The zero-order chi connectivity index (χ0) is 13.2. The zero-order valence-electron chi connectivity index (χ0n) is 10.8. The summed E-state index contributed by atoms with van der Waals surface area (Å²) < 4.78 is 11.4. The van der Waals surface area contributed by atoms with E-state index in [9.17, 15) is 4.79 Å². The molecule has 0 bridgehead atoms. The summed E-state index contributed by atoms with van der Waals surface area (Å²) in [6.07, 6.45) is 2.11. The lowest BCUT2D eigenvalue weighted by Crippen LogP contribution is -2.45. The molecule has 2 aliphatic rings. The van der Waals surface area contributed by atoms with Crippen molar-refractivity contribution in [3.63, 3.8) is 0 Å². The fourth-order valence-corrected chi connectivity index (χ4v) is 2.90. The lowest BCUT2D eigenvalue weighted by molar-refractivity contribution is 0.0930. The van der Waals surface area contributed by atoms with Gasteiger partial charge in [0.15, 0.2) is 11.5 Å². The molecule has 1 fully saturated rings. The van der Waals surface area contributed by atoms with Crippen molar-refractivity contribution >= 4 is 34.2 Å². The molecule has 2 N–H and O–H groups in total. The summed E-state index contributed by atoms with van der Waals surface area (Å²) in [6, 6.07) is 3.68. The SMILES string of the molecule is Cl.O=C(NC1CCCNC1)c1cc(Br)c2c(c1)OCO2. The van der Waals surface area contributed by atoms with Gasteiger partial charge in [0.05, 0.1) is 4.47 Å². The third-order valence-electron chi connectivity index (χ3n) is 3.32. The van der Waals surface area contributed by atoms with Crippen LogP contribution >= 0.6 is 28.3 Å². The number of fused-ring (bicyclic) bond motifs is 1. The van der Waals surface area contributed by atoms with Gasteiger partial charge in [0.25, 0.3) is 5.91 Å². The van der Waals surface area contributed by atoms with E-state index in [1.165, 1.54) is 0 Å². The largest absolute Gasteiger partial charge is 0.454 e. The Morgan fingerprint density at radius 3 is 3.00 bits per heavy atom. The Morgan fingerprint density at radius 2 is 2.25 bits per heavy atom. The third-order valence-corrected chi connectivity index (χ3v) is 3.91. The number of benzene rings is 1. The molecule has 0 aromatic heterocycles. The summed E-state index contributed by atoms with van der Waals surface area (Å²) in [6.45, 7) is 2.06. The number of rotatable bonds is 2. The highest BCUT2D eigenvalue weighted by Gasteiger charge is 2.22. The van der Waals surface area contributed by atoms with E-state index in [1.54, 1.807) is 12.1 Å². The fraction of sp³-hybridized carbons (Fsp3) is 0.462. The van der Waals surface area contributed by atoms with Crippen LogP contribution < -0.4 is 20.1 Å². The van der Waals surface area contributed by atoms with Crippen LogP contribution in [0.1, 0.15) is 23.2 Å². The number of carbonyl (C=O) groups excluding carboxylic acids is 1. The minimum Gasteiger partial charge on any atom is -0.454 e. The van der Waals surface area contributed by atoms with Crippen LogP contribution in [-0.4, -0.2) is 31.8 Å². The molecule has 5 nitrogen and oxygen atoms in total. The van der Waals surface area contributed by atoms with Gasteiger partial charge in [-0.2, -0.15) is 0 Å². The molecule has 20 heavy (non-hydrogen) atoms. The molecule has 1 unspecified atom stereocenters. The number of hydrogen-bond donors (Lipinski definition) is 2. The Bertz CT molecular complexity index is 507. The molecule has 3 rings (SSSR count). The van der Waals surface area contributed by atoms with Crippen molar-refractivity contribution in [3.05, 3.63) is 22.2 Å². The van der Waals surface area contributed by atoms with Crippen LogP contribution in [0.15, 0.2) is 16.6 Å². The van der Waals surface area contributed by atoms with Crippen LogP contribution in [0.2, 0.25) is 0 Å². The van der Waals surface area contributed by atoms with Crippen LogP contribution in [0, 0.1) is 0 Å². The average Bonchev–Trinajstić information content (AvgIpc) is 2.88. The average molecular weight is 364 g/mol. The first-order valence-corrected chi connectivity index (χ1v) is 7.14. The van der Waals surface area contributed by atoms with Gasteiger partial charge < -0.3 is 20.1 Å². The van der Waals surface area contributed by atoms with Gasteiger partial charge in [-0.05, 0) is 47.4 Å². The molecule has 1 aromatic rings. The van der Waals surface area contributed by atoms with E-state index in [-0.39, 0.29) is 31.1 Å². The van der Waals surface area contributed by atoms with Gasteiger partial charge in [-0.15, -0.1) is 12.4 Å². The fourth-order valence-electron chi connectivity index (χ4n) is 2.34. The second-order valence-electron chi connectivity index (χ2n) is 4.71. The standard InChI is InChI=1S/C13H15BrN2O3.ClH/c14-10-4-8(5-11-12(10)19-7-18-11)13(17)16-9-2-1-3-15-6-9;/h4-5,9,15H,1-3,6-7H2,(H,16,17);1H. The van der Waals surface area contributed by atoms with Crippen molar-refractivity contribution < 1.29 is 14.3 Å². The van der Waals surface area contributed by atoms with E-state index >= 15 is 0 Å². The van der Waals surface area contributed by atoms with Crippen molar-refractivity contribution in [2.24, 2.45) is 0 Å². The summed E-state index contributed by atoms with van der Waals surface area (Å²) in [5, 5.41) is 6.31. The summed E-state index contributed by atoms with van der Waals surface area (Å²) >= 11 is 3.39. The van der Waals surface area contributed by atoms with Crippen LogP contribution in [0.5, 0.6) is 11.5 Å². The summed E-state index contributed by atoms with van der Waals surface area (Å²) in [5.41, 5.74) is 0.585.